The van der Waals surface area contributed by atoms with Gasteiger partial charge in [-0.15, -0.1) is 0 Å². The van der Waals surface area contributed by atoms with Gasteiger partial charge in [-0.1, -0.05) is 12.1 Å². The number of amides is 1. The average Bonchev–Trinajstić information content (AvgIpc) is 3.29. The molecule has 1 atom stereocenters. The van der Waals surface area contributed by atoms with E-state index in [-0.39, 0.29) is 23.5 Å². The van der Waals surface area contributed by atoms with Gasteiger partial charge in [-0.05, 0) is 31.0 Å². The molecular weight excluding hydrogens is 387 g/mol. The molecule has 0 saturated carbocycles. The number of carbonyl (C=O) groups excluding carboxylic acids is 2. The smallest absolute Gasteiger partial charge is 0.312 e. The molecule has 4 heterocycles. The summed E-state index contributed by atoms with van der Waals surface area (Å²) in [7, 11) is 0. The Kier molecular flexibility index (Phi) is 4.49. The van der Waals surface area contributed by atoms with Gasteiger partial charge >= 0.3 is 5.97 Å². The minimum atomic E-state index is -0.558. The summed E-state index contributed by atoms with van der Waals surface area (Å²) < 4.78 is 21.1. The Morgan fingerprint density at radius 3 is 2.83 bits per heavy atom. The van der Waals surface area contributed by atoms with Crippen molar-refractivity contribution in [1.29, 1.82) is 0 Å². The summed E-state index contributed by atoms with van der Waals surface area (Å²) in [5.41, 5.74) is 1.59. The Morgan fingerprint density at radius 1 is 1.23 bits per heavy atom. The lowest BCUT2D eigenvalue weighted by Gasteiger charge is -2.36. The Morgan fingerprint density at radius 2 is 2.03 bits per heavy atom. The quantitative estimate of drug-likeness (QED) is 0.623. The van der Waals surface area contributed by atoms with Crippen molar-refractivity contribution in [3.05, 3.63) is 60.4 Å². The fourth-order valence-corrected chi connectivity index (χ4v) is 4.57. The molecule has 30 heavy (non-hydrogen) atoms. The third-order valence-electron chi connectivity index (χ3n) is 6.21. The highest BCUT2D eigenvalue weighted by Gasteiger charge is 2.50. The van der Waals surface area contributed by atoms with Crippen LogP contribution in [-0.2, 0) is 16.1 Å². The highest BCUT2D eigenvalue weighted by atomic mass is 19.1. The van der Waals surface area contributed by atoms with E-state index < -0.39 is 11.2 Å². The van der Waals surface area contributed by atoms with Crippen molar-refractivity contribution in [2.45, 2.75) is 31.9 Å². The second kappa shape index (κ2) is 7.19. The fraction of sp³-hybridized carbons (Fsp3) is 0.364. The molecule has 0 radical (unpaired) electrons. The SMILES string of the molecule is O=C(c1cncc(F)c1)N1CCC2(CC1)CC(Cn1cnc3ccccc31)OC2=O. The molecule has 154 valence electrons. The van der Waals surface area contributed by atoms with Crippen molar-refractivity contribution in [3.63, 3.8) is 0 Å². The van der Waals surface area contributed by atoms with E-state index in [1.165, 1.54) is 12.3 Å². The summed E-state index contributed by atoms with van der Waals surface area (Å²) >= 11 is 0. The van der Waals surface area contributed by atoms with E-state index in [2.05, 4.69) is 9.97 Å². The number of carbonyl (C=O) groups is 2. The van der Waals surface area contributed by atoms with Crippen LogP contribution < -0.4 is 0 Å². The molecule has 8 heteroatoms. The Labute approximate surface area is 172 Å². The number of pyridine rings is 1. The third kappa shape index (κ3) is 3.22. The molecule has 1 spiro atoms. The largest absolute Gasteiger partial charge is 0.460 e. The fourth-order valence-electron chi connectivity index (χ4n) is 4.57. The van der Waals surface area contributed by atoms with Gasteiger partial charge in [0.25, 0.3) is 5.91 Å². The number of piperidine rings is 1. The van der Waals surface area contributed by atoms with E-state index in [0.29, 0.717) is 38.9 Å². The van der Waals surface area contributed by atoms with Gasteiger partial charge in [-0.3, -0.25) is 14.6 Å². The van der Waals surface area contributed by atoms with Crippen LogP contribution >= 0.6 is 0 Å². The number of likely N-dealkylation sites (tertiary alicyclic amines) is 1. The molecule has 5 rings (SSSR count). The van der Waals surface area contributed by atoms with Crippen LogP contribution in [0.1, 0.15) is 29.6 Å². The van der Waals surface area contributed by atoms with Crippen LogP contribution in [0.2, 0.25) is 0 Å². The van der Waals surface area contributed by atoms with Gasteiger partial charge < -0.3 is 14.2 Å². The number of halogens is 1. The summed E-state index contributed by atoms with van der Waals surface area (Å²) in [6.45, 7) is 1.43. The molecule has 2 fully saturated rings. The first-order chi connectivity index (χ1) is 14.5. The topological polar surface area (TPSA) is 77.3 Å². The Hall–Kier alpha value is -3.29. The number of imidazole rings is 1. The maximum Gasteiger partial charge on any atom is 0.312 e. The number of para-hydroxylation sites is 2. The molecule has 1 unspecified atom stereocenters. The molecule has 2 saturated heterocycles. The summed E-state index contributed by atoms with van der Waals surface area (Å²) in [5, 5.41) is 0. The molecule has 2 aromatic heterocycles. The van der Waals surface area contributed by atoms with Crippen molar-refractivity contribution >= 4 is 22.9 Å². The van der Waals surface area contributed by atoms with E-state index >= 15 is 0 Å². The number of ether oxygens (including phenoxy) is 1. The van der Waals surface area contributed by atoms with Crippen LogP contribution in [-0.4, -0.2) is 50.5 Å². The van der Waals surface area contributed by atoms with Crippen LogP contribution in [0, 0.1) is 11.2 Å². The standard InChI is InChI=1S/C22H21FN4O3/c23-16-9-15(11-24-12-16)20(28)26-7-5-22(6-8-26)10-17(30-21(22)29)13-27-14-25-18-3-1-2-4-19(18)27/h1-4,9,11-12,14,17H,5-8,10,13H2. The number of fused-ring (bicyclic) bond motifs is 1. The van der Waals surface area contributed by atoms with E-state index in [9.17, 15) is 14.0 Å². The van der Waals surface area contributed by atoms with Crippen LogP contribution in [0.5, 0.6) is 0 Å². The minimum Gasteiger partial charge on any atom is -0.460 e. The lowest BCUT2D eigenvalue weighted by Crippen LogP contribution is -2.45. The summed E-state index contributed by atoms with van der Waals surface area (Å²) in [4.78, 5) is 35.2. The van der Waals surface area contributed by atoms with Gasteiger partial charge in [0.2, 0.25) is 0 Å². The maximum atomic E-state index is 13.4. The predicted octanol–water partition coefficient (Wildman–Crippen LogP) is 2.81. The molecule has 2 aliphatic heterocycles. The molecule has 7 nitrogen and oxygen atoms in total. The van der Waals surface area contributed by atoms with Crippen LogP contribution in [0.3, 0.4) is 0 Å². The van der Waals surface area contributed by atoms with Crippen LogP contribution in [0.4, 0.5) is 4.39 Å². The zero-order valence-corrected chi connectivity index (χ0v) is 16.3. The Balaban J connectivity index is 1.25. The van der Waals surface area contributed by atoms with E-state index in [1.807, 2.05) is 28.8 Å². The van der Waals surface area contributed by atoms with Gasteiger partial charge in [0, 0.05) is 25.7 Å². The number of aromatic nitrogens is 3. The first-order valence-corrected chi connectivity index (χ1v) is 10.0. The summed E-state index contributed by atoms with van der Waals surface area (Å²) in [5.74, 6) is -0.982. The summed E-state index contributed by atoms with van der Waals surface area (Å²) in [6.07, 6.45) is 5.71. The molecule has 2 aliphatic rings. The number of cyclic esters (lactones) is 1. The van der Waals surface area contributed by atoms with Crippen molar-refractivity contribution < 1.29 is 18.7 Å². The predicted molar refractivity (Wildman–Crippen MR) is 106 cm³/mol. The van der Waals surface area contributed by atoms with E-state index in [1.54, 1.807) is 11.2 Å². The monoisotopic (exact) mass is 408 g/mol. The zero-order valence-electron chi connectivity index (χ0n) is 16.3. The zero-order chi connectivity index (χ0) is 20.7. The number of hydrogen-bond donors (Lipinski definition) is 0. The molecule has 1 aromatic carbocycles. The number of benzene rings is 1. The summed E-state index contributed by atoms with van der Waals surface area (Å²) in [6, 6.07) is 9.05. The Bertz CT molecular complexity index is 1120. The van der Waals surface area contributed by atoms with Crippen LogP contribution in [0.25, 0.3) is 11.0 Å². The lowest BCUT2D eigenvalue weighted by atomic mass is 9.76. The maximum absolute atomic E-state index is 13.4. The van der Waals surface area contributed by atoms with Crippen molar-refractivity contribution in [3.8, 4) is 0 Å². The van der Waals surface area contributed by atoms with Gasteiger partial charge in [0.1, 0.15) is 11.9 Å². The molecule has 3 aromatic rings. The second-order valence-electron chi connectivity index (χ2n) is 8.08. The van der Waals surface area contributed by atoms with Crippen molar-refractivity contribution in [1.82, 2.24) is 19.4 Å². The van der Waals surface area contributed by atoms with Gasteiger partial charge in [-0.2, -0.15) is 0 Å². The van der Waals surface area contributed by atoms with Gasteiger partial charge in [0.05, 0.1) is 41.1 Å². The highest BCUT2D eigenvalue weighted by Crippen LogP contribution is 2.43. The highest BCUT2D eigenvalue weighted by molar-refractivity contribution is 5.94. The first-order valence-electron chi connectivity index (χ1n) is 10.0. The number of nitrogens with zero attached hydrogens (tertiary/aromatic N) is 4. The third-order valence-corrected chi connectivity index (χ3v) is 6.21. The minimum absolute atomic E-state index is 0.184. The molecular formula is C22H21FN4O3. The average molecular weight is 408 g/mol. The van der Waals surface area contributed by atoms with Gasteiger partial charge in [0.15, 0.2) is 0 Å². The van der Waals surface area contributed by atoms with Crippen molar-refractivity contribution in [2.75, 3.05) is 13.1 Å². The first kappa shape index (κ1) is 18.7. The number of esters is 1. The molecule has 0 N–H and O–H groups in total. The van der Waals surface area contributed by atoms with Crippen molar-refractivity contribution in [2.24, 2.45) is 5.41 Å². The number of rotatable bonds is 3. The molecule has 0 aliphatic carbocycles. The van der Waals surface area contributed by atoms with Crippen LogP contribution in [0.15, 0.2) is 49.1 Å². The van der Waals surface area contributed by atoms with E-state index in [0.717, 1.165) is 17.2 Å². The normalized spacial score (nSPS) is 20.6. The number of hydrogen-bond acceptors (Lipinski definition) is 5. The molecule has 1 amide bonds. The van der Waals surface area contributed by atoms with Gasteiger partial charge in [-0.25, -0.2) is 9.37 Å². The van der Waals surface area contributed by atoms with E-state index in [4.69, 9.17) is 4.74 Å². The molecule has 0 bridgehead atoms. The lowest BCUT2D eigenvalue weighted by molar-refractivity contribution is -0.150. The second-order valence-corrected chi connectivity index (χ2v) is 8.08.